The Morgan fingerprint density at radius 3 is 2.28 bits per heavy atom. The summed E-state index contributed by atoms with van der Waals surface area (Å²) in [6.45, 7) is 1.24. The Hall–Kier alpha value is -5.56. The van der Waals surface area contributed by atoms with Gasteiger partial charge in [-0.1, -0.05) is 103 Å². The Kier molecular flexibility index (Phi) is 15.0. The third kappa shape index (κ3) is 12.0. The van der Waals surface area contributed by atoms with Crippen LogP contribution in [0.1, 0.15) is 84.8 Å². The van der Waals surface area contributed by atoms with Gasteiger partial charge in [0.15, 0.2) is 6.29 Å². The van der Waals surface area contributed by atoms with Crippen molar-refractivity contribution in [2.24, 2.45) is 0 Å². The Balaban J connectivity index is 1.04. The molecule has 0 unspecified atom stereocenters. The summed E-state index contributed by atoms with van der Waals surface area (Å²) in [6, 6.07) is 37.7. The first-order chi connectivity index (χ1) is 28.1. The molecule has 11 heteroatoms. The highest BCUT2D eigenvalue weighted by molar-refractivity contribution is 5.93. The van der Waals surface area contributed by atoms with E-state index in [4.69, 9.17) is 15.2 Å². The molecule has 304 valence electrons. The maximum Gasteiger partial charge on any atom is 0.224 e. The summed E-state index contributed by atoms with van der Waals surface area (Å²) in [5.41, 5.74) is 13.4. The number of nitrogen functional groups attached to an aromatic ring is 1. The fourth-order valence-corrected chi connectivity index (χ4v) is 7.22. The minimum atomic E-state index is -0.781. The highest BCUT2D eigenvalue weighted by Gasteiger charge is 2.33. The number of unbranched alkanes of at least 4 members (excludes halogenated alkanes) is 2. The number of likely N-dealkylation sites (N-methyl/N-ethyl adjacent to an activating group) is 1. The number of hydrogen-bond donors (Lipinski definition) is 6. The van der Waals surface area contributed by atoms with Gasteiger partial charge >= 0.3 is 0 Å². The summed E-state index contributed by atoms with van der Waals surface area (Å²) in [4.78, 5) is 27.1. The molecule has 7 N–H and O–H groups in total. The number of hydrogen-bond acceptors (Lipinski definition) is 9. The second kappa shape index (κ2) is 20.7. The number of carbonyl (C=O) groups excluding carboxylic acids is 2. The number of nitrogens with two attached hydrogens (primary N) is 1. The molecule has 5 aromatic rings. The molecular weight excluding hydrogens is 733 g/mol. The Bertz CT molecular complexity index is 2090. The molecule has 5 aromatic carbocycles. The number of para-hydroxylation sites is 2. The number of phenolic OH excluding ortho intramolecular Hbond substituents is 1. The lowest BCUT2D eigenvalue weighted by molar-refractivity contribution is -0.252. The van der Waals surface area contributed by atoms with Gasteiger partial charge < -0.3 is 46.1 Å². The molecule has 1 aliphatic rings. The lowest BCUT2D eigenvalue weighted by Gasteiger charge is -2.38. The van der Waals surface area contributed by atoms with Crippen LogP contribution in [-0.2, 0) is 32.2 Å². The van der Waals surface area contributed by atoms with Gasteiger partial charge in [0.05, 0.1) is 36.3 Å². The van der Waals surface area contributed by atoms with E-state index in [2.05, 4.69) is 10.6 Å². The summed E-state index contributed by atoms with van der Waals surface area (Å²) >= 11 is 0. The van der Waals surface area contributed by atoms with Gasteiger partial charge in [0.2, 0.25) is 11.8 Å². The van der Waals surface area contributed by atoms with Crippen molar-refractivity contribution in [3.05, 3.63) is 149 Å². The lowest BCUT2D eigenvalue weighted by atomic mass is 9.97. The van der Waals surface area contributed by atoms with Crippen LogP contribution in [0.2, 0.25) is 0 Å². The summed E-state index contributed by atoms with van der Waals surface area (Å²) < 4.78 is 13.1. The molecule has 0 saturated carbocycles. The van der Waals surface area contributed by atoms with E-state index in [0.29, 0.717) is 68.7 Å². The van der Waals surface area contributed by atoms with Crippen molar-refractivity contribution in [3.8, 4) is 16.9 Å². The van der Waals surface area contributed by atoms with Gasteiger partial charge in [-0.3, -0.25) is 9.59 Å². The molecule has 4 atom stereocenters. The van der Waals surface area contributed by atoms with Crippen molar-refractivity contribution in [3.63, 3.8) is 0 Å². The number of rotatable bonds is 18. The van der Waals surface area contributed by atoms with Crippen LogP contribution in [0.5, 0.6) is 5.75 Å². The number of aromatic hydroxyl groups is 1. The topological polar surface area (TPSA) is 167 Å². The van der Waals surface area contributed by atoms with Crippen molar-refractivity contribution in [1.82, 2.24) is 10.2 Å². The van der Waals surface area contributed by atoms with Crippen molar-refractivity contribution in [2.45, 2.75) is 76.3 Å². The quantitative estimate of drug-likeness (QED) is 0.0389. The number of phenols is 1. The highest BCUT2D eigenvalue weighted by Crippen LogP contribution is 2.39. The van der Waals surface area contributed by atoms with Gasteiger partial charge in [0.25, 0.3) is 0 Å². The molecule has 1 heterocycles. The second-order valence-electron chi connectivity index (χ2n) is 14.9. The first kappa shape index (κ1) is 42.1. The average molecular weight is 787 g/mol. The van der Waals surface area contributed by atoms with Crippen molar-refractivity contribution in [1.29, 1.82) is 0 Å². The normalized spacial score (nSPS) is 17.1. The van der Waals surface area contributed by atoms with Gasteiger partial charge in [-0.2, -0.15) is 0 Å². The monoisotopic (exact) mass is 786 g/mol. The predicted molar refractivity (Wildman–Crippen MR) is 225 cm³/mol. The van der Waals surface area contributed by atoms with E-state index < -0.39 is 12.4 Å². The number of ether oxygens (including phenoxy) is 2. The summed E-state index contributed by atoms with van der Waals surface area (Å²) in [5, 5.41) is 36.3. The summed E-state index contributed by atoms with van der Waals surface area (Å²) in [7, 11) is 1.94. The minimum absolute atomic E-state index is 0.0344. The van der Waals surface area contributed by atoms with Gasteiger partial charge in [-0.05, 0) is 77.5 Å². The van der Waals surface area contributed by atoms with Gasteiger partial charge in [-0.15, -0.1) is 0 Å². The number of nitrogens with one attached hydrogen (secondary N) is 2. The number of aliphatic hydroxyl groups excluding tert-OH is 2. The van der Waals surface area contributed by atoms with E-state index in [1.807, 2.05) is 96.9 Å². The van der Waals surface area contributed by atoms with Crippen molar-refractivity contribution >= 4 is 23.2 Å². The van der Waals surface area contributed by atoms with Crippen LogP contribution in [0.15, 0.2) is 121 Å². The van der Waals surface area contributed by atoms with E-state index >= 15 is 0 Å². The van der Waals surface area contributed by atoms with Crippen LogP contribution in [0.25, 0.3) is 11.1 Å². The lowest BCUT2D eigenvalue weighted by Crippen LogP contribution is -2.39. The van der Waals surface area contributed by atoms with Gasteiger partial charge in [0.1, 0.15) is 5.75 Å². The maximum absolute atomic E-state index is 12.8. The molecule has 0 spiro atoms. The number of aliphatic hydroxyl groups is 2. The van der Waals surface area contributed by atoms with Crippen LogP contribution < -0.4 is 16.4 Å². The Morgan fingerprint density at radius 2 is 1.53 bits per heavy atom. The van der Waals surface area contributed by atoms with Crippen LogP contribution in [0.4, 0.5) is 11.4 Å². The van der Waals surface area contributed by atoms with Crippen LogP contribution in [0.3, 0.4) is 0 Å². The molecule has 1 fully saturated rings. The highest BCUT2D eigenvalue weighted by atomic mass is 16.7. The molecular formula is C47H54N4O7. The predicted octanol–water partition coefficient (Wildman–Crippen LogP) is 7.55. The largest absolute Gasteiger partial charge is 0.508 e. The third-order valence-corrected chi connectivity index (χ3v) is 10.4. The number of carbonyl (C=O) groups is 2. The van der Waals surface area contributed by atoms with E-state index in [1.54, 1.807) is 36.4 Å². The minimum Gasteiger partial charge on any atom is -0.508 e. The first-order valence-electron chi connectivity index (χ1n) is 19.9. The molecule has 6 rings (SSSR count). The molecule has 2 amide bonds. The summed E-state index contributed by atoms with van der Waals surface area (Å²) in [6.07, 6.45) is 1.58. The number of benzene rings is 5. The van der Waals surface area contributed by atoms with Crippen LogP contribution >= 0.6 is 0 Å². The average Bonchev–Trinajstić information content (AvgIpc) is 3.23. The zero-order valence-corrected chi connectivity index (χ0v) is 32.9. The smallest absolute Gasteiger partial charge is 0.224 e. The van der Waals surface area contributed by atoms with Crippen molar-refractivity contribution in [2.75, 3.05) is 31.2 Å². The number of nitrogens with zero attached hydrogens (tertiary/aromatic N) is 1. The molecule has 0 bridgehead atoms. The zero-order chi connectivity index (χ0) is 40.9. The molecule has 58 heavy (non-hydrogen) atoms. The fraction of sp³-hybridized carbons (Fsp3) is 0.319. The SMILES string of the molecule is CN(C[C@H]1C[C@@H](c2ccc(CO)cc2)O[C@@H](c2ccc(-c3ccccc3CNC(=O)CCCCCC(=O)Nc3ccccc3N)cc2)O1)C[C@@H](O)c1cccc(O)c1. The third-order valence-electron chi connectivity index (χ3n) is 10.4. The zero-order valence-electron chi connectivity index (χ0n) is 32.9. The molecule has 1 saturated heterocycles. The molecule has 11 nitrogen and oxygen atoms in total. The van der Waals surface area contributed by atoms with E-state index in [-0.39, 0.29) is 36.4 Å². The molecule has 0 aliphatic carbocycles. The van der Waals surface area contributed by atoms with Crippen LogP contribution in [-0.4, -0.2) is 58.3 Å². The Labute approximate surface area is 340 Å². The second-order valence-corrected chi connectivity index (χ2v) is 14.9. The maximum atomic E-state index is 12.8. The molecule has 0 aromatic heterocycles. The molecule has 0 radical (unpaired) electrons. The van der Waals surface area contributed by atoms with E-state index in [9.17, 15) is 24.9 Å². The molecule has 1 aliphatic heterocycles. The van der Waals surface area contributed by atoms with Gasteiger partial charge in [-0.25, -0.2) is 0 Å². The summed E-state index contributed by atoms with van der Waals surface area (Å²) in [5.74, 6) is -0.0133. The van der Waals surface area contributed by atoms with E-state index in [0.717, 1.165) is 39.8 Å². The fourth-order valence-electron chi connectivity index (χ4n) is 7.22. The number of anilines is 2. The Morgan fingerprint density at radius 1 is 0.828 bits per heavy atom. The van der Waals surface area contributed by atoms with Crippen LogP contribution in [0, 0.1) is 0 Å². The number of amides is 2. The van der Waals surface area contributed by atoms with Gasteiger partial charge in [0, 0.05) is 44.5 Å². The first-order valence-corrected chi connectivity index (χ1v) is 19.9. The van der Waals surface area contributed by atoms with Crippen molar-refractivity contribution < 1.29 is 34.4 Å². The standard InChI is InChI=1S/C47H54N4O7/c1-51(30-43(54)36-11-9-12-38(53)26-36)29-39-27-44(34-20-18-32(31-52)19-21-34)58-47(57-39)35-24-22-33(23-25-35)40-13-6-5-10-37(40)28-49-45(55)16-3-2-4-17-46(56)50-42-15-8-7-14-41(42)48/h5-15,18-26,39,43-44,47,52-54H,2-4,16-17,27-31,48H2,1H3,(H,49,55)(H,50,56)/t39-,43-,44+,47+/m1/s1. The van der Waals surface area contributed by atoms with E-state index in [1.165, 1.54) is 0 Å².